The van der Waals surface area contributed by atoms with Crippen LogP contribution in [0, 0.1) is 0 Å². The highest BCUT2D eigenvalue weighted by Gasteiger charge is 2.32. The van der Waals surface area contributed by atoms with Crippen molar-refractivity contribution in [3.63, 3.8) is 0 Å². The van der Waals surface area contributed by atoms with Gasteiger partial charge in [-0.3, -0.25) is 0 Å². The second kappa shape index (κ2) is 4.48. The summed E-state index contributed by atoms with van der Waals surface area (Å²) < 4.78 is 27.9. The standard InChI is InChI=1S/C12H12N2O5S/c15-8-2-1-3-9(16)10(8)12-13-11(14-19-12)7-4-5-20(17,18)6-7/h1-3,7,15-16H,4-6H2. The van der Waals surface area contributed by atoms with E-state index in [0.717, 1.165) is 0 Å². The number of phenolic OH excluding ortho intramolecular Hbond substituents is 2. The molecule has 2 heterocycles. The first-order valence-electron chi connectivity index (χ1n) is 6.01. The van der Waals surface area contributed by atoms with Crippen LogP contribution in [-0.2, 0) is 9.84 Å². The van der Waals surface area contributed by atoms with Crippen molar-refractivity contribution in [2.24, 2.45) is 0 Å². The molecular formula is C12H12N2O5S. The van der Waals surface area contributed by atoms with Crippen LogP contribution in [0.4, 0.5) is 0 Å². The smallest absolute Gasteiger partial charge is 0.265 e. The fourth-order valence-corrected chi connectivity index (χ4v) is 3.99. The Bertz CT molecular complexity index is 733. The summed E-state index contributed by atoms with van der Waals surface area (Å²) in [5, 5.41) is 23.2. The summed E-state index contributed by atoms with van der Waals surface area (Å²) in [6.45, 7) is 0. The Morgan fingerprint density at radius 1 is 1.25 bits per heavy atom. The minimum atomic E-state index is -3.04. The van der Waals surface area contributed by atoms with Crippen LogP contribution in [0.2, 0.25) is 0 Å². The molecule has 1 atom stereocenters. The Kier molecular flexibility index (Phi) is 2.89. The van der Waals surface area contributed by atoms with Gasteiger partial charge in [0.25, 0.3) is 5.89 Å². The average molecular weight is 296 g/mol. The summed E-state index contributed by atoms with van der Waals surface area (Å²) in [5.74, 6) is -0.296. The summed E-state index contributed by atoms with van der Waals surface area (Å²) in [6.07, 6.45) is 0.452. The van der Waals surface area contributed by atoms with Gasteiger partial charge in [-0.25, -0.2) is 8.42 Å². The lowest BCUT2D eigenvalue weighted by Crippen LogP contribution is -2.05. The third-order valence-electron chi connectivity index (χ3n) is 3.27. The van der Waals surface area contributed by atoms with E-state index >= 15 is 0 Å². The molecule has 7 nitrogen and oxygen atoms in total. The normalized spacial score (nSPS) is 21.1. The van der Waals surface area contributed by atoms with Crippen molar-refractivity contribution >= 4 is 9.84 Å². The quantitative estimate of drug-likeness (QED) is 0.851. The van der Waals surface area contributed by atoms with E-state index in [1.54, 1.807) is 0 Å². The fourth-order valence-electron chi connectivity index (χ4n) is 2.25. The lowest BCUT2D eigenvalue weighted by molar-refractivity contribution is 0.406. The van der Waals surface area contributed by atoms with Crippen molar-refractivity contribution in [2.45, 2.75) is 12.3 Å². The van der Waals surface area contributed by atoms with Gasteiger partial charge in [-0.15, -0.1) is 0 Å². The number of hydrogen-bond donors (Lipinski definition) is 2. The molecule has 0 radical (unpaired) electrons. The SMILES string of the molecule is O=S1(=O)CCC(c2noc(-c3c(O)cccc3O)n2)C1. The Morgan fingerprint density at radius 2 is 1.95 bits per heavy atom. The highest BCUT2D eigenvalue weighted by Crippen LogP contribution is 2.37. The fraction of sp³-hybridized carbons (Fsp3) is 0.333. The molecule has 20 heavy (non-hydrogen) atoms. The first-order chi connectivity index (χ1) is 9.46. The predicted octanol–water partition coefficient (Wildman–Crippen LogP) is 1.05. The highest BCUT2D eigenvalue weighted by atomic mass is 32.2. The van der Waals surface area contributed by atoms with Crippen molar-refractivity contribution in [3.05, 3.63) is 24.0 Å². The van der Waals surface area contributed by atoms with Gasteiger partial charge in [0.05, 0.1) is 11.5 Å². The van der Waals surface area contributed by atoms with Crippen LogP contribution in [-0.4, -0.2) is 40.3 Å². The molecule has 1 fully saturated rings. The van der Waals surface area contributed by atoms with E-state index in [2.05, 4.69) is 10.1 Å². The topological polar surface area (TPSA) is 114 Å². The Balaban J connectivity index is 1.95. The minimum absolute atomic E-state index is 0.00126. The maximum absolute atomic E-state index is 11.4. The molecule has 0 spiro atoms. The zero-order valence-electron chi connectivity index (χ0n) is 10.4. The maximum Gasteiger partial charge on any atom is 0.265 e. The summed E-state index contributed by atoms with van der Waals surface area (Å²) in [7, 11) is -3.04. The monoisotopic (exact) mass is 296 g/mol. The zero-order valence-corrected chi connectivity index (χ0v) is 11.2. The van der Waals surface area contributed by atoms with Crippen molar-refractivity contribution in [1.29, 1.82) is 0 Å². The molecule has 1 saturated heterocycles. The van der Waals surface area contributed by atoms with E-state index in [4.69, 9.17) is 4.52 Å². The van der Waals surface area contributed by atoms with Crippen LogP contribution < -0.4 is 0 Å². The van der Waals surface area contributed by atoms with Gasteiger partial charge in [-0.1, -0.05) is 11.2 Å². The Labute approximate surface area is 114 Å². The van der Waals surface area contributed by atoms with Gasteiger partial charge in [0, 0.05) is 5.92 Å². The van der Waals surface area contributed by atoms with Gasteiger partial charge in [0.2, 0.25) is 0 Å². The lowest BCUT2D eigenvalue weighted by Gasteiger charge is -2.01. The number of hydrogen-bond acceptors (Lipinski definition) is 7. The number of nitrogens with zero attached hydrogens (tertiary/aromatic N) is 2. The third-order valence-corrected chi connectivity index (χ3v) is 5.04. The molecule has 1 aromatic carbocycles. The van der Waals surface area contributed by atoms with Crippen molar-refractivity contribution in [1.82, 2.24) is 10.1 Å². The third kappa shape index (κ3) is 2.22. The Hall–Kier alpha value is -2.09. The Morgan fingerprint density at radius 3 is 2.55 bits per heavy atom. The van der Waals surface area contributed by atoms with E-state index in [0.29, 0.717) is 6.42 Å². The maximum atomic E-state index is 11.4. The van der Waals surface area contributed by atoms with Crippen LogP contribution >= 0.6 is 0 Å². The molecule has 0 saturated carbocycles. The van der Waals surface area contributed by atoms with Gasteiger partial charge in [-0.05, 0) is 18.6 Å². The second-order valence-electron chi connectivity index (χ2n) is 4.73. The number of rotatable bonds is 2. The van der Waals surface area contributed by atoms with E-state index in [1.807, 2.05) is 0 Å². The van der Waals surface area contributed by atoms with Crippen LogP contribution in [0.25, 0.3) is 11.5 Å². The van der Waals surface area contributed by atoms with Crippen LogP contribution in [0.3, 0.4) is 0 Å². The minimum Gasteiger partial charge on any atom is -0.507 e. The molecule has 2 aromatic rings. The van der Waals surface area contributed by atoms with Crippen molar-refractivity contribution in [3.8, 4) is 23.0 Å². The van der Waals surface area contributed by atoms with Crippen LogP contribution in [0.5, 0.6) is 11.5 Å². The molecule has 8 heteroatoms. The summed E-state index contributed by atoms with van der Waals surface area (Å²) >= 11 is 0. The van der Waals surface area contributed by atoms with Gasteiger partial charge in [0.1, 0.15) is 17.1 Å². The number of sulfone groups is 1. The number of aromatic nitrogens is 2. The molecule has 2 N–H and O–H groups in total. The lowest BCUT2D eigenvalue weighted by atomic mass is 10.1. The number of aromatic hydroxyl groups is 2. The first kappa shape index (κ1) is 12.9. The van der Waals surface area contributed by atoms with Gasteiger partial charge in [-0.2, -0.15) is 4.98 Å². The molecule has 1 aromatic heterocycles. The van der Waals surface area contributed by atoms with E-state index in [1.165, 1.54) is 18.2 Å². The summed E-state index contributed by atoms with van der Waals surface area (Å²) in [5.41, 5.74) is 0.0482. The first-order valence-corrected chi connectivity index (χ1v) is 7.84. The molecule has 1 aliphatic heterocycles. The number of benzene rings is 1. The summed E-state index contributed by atoms with van der Waals surface area (Å²) in [6, 6.07) is 4.26. The average Bonchev–Trinajstić information content (AvgIpc) is 2.96. The molecule has 1 unspecified atom stereocenters. The second-order valence-corrected chi connectivity index (χ2v) is 6.96. The van der Waals surface area contributed by atoms with Gasteiger partial charge in [0.15, 0.2) is 15.7 Å². The van der Waals surface area contributed by atoms with Gasteiger partial charge < -0.3 is 14.7 Å². The molecule has 0 amide bonds. The molecule has 0 bridgehead atoms. The molecule has 0 aliphatic carbocycles. The zero-order chi connectivity index (χ0) is 14.3. The van der Waals surface area contributed by atoms with E-state index < -0.39 is 9.84 Å². The predicted molar refractivity (Wildman–Crippen MR) is 69.1 cm³/mol. The largest absolute Gasteiger partial charge is 0.507 e. The van der Waals surface area contributed by atoms with Crippen LogP contribution in [0.1, 0.15) is 18.2 Å². The number of phenols is 2. The van der Waals surface area contributed by atoms with E-state index in [-0.39, 0.29) is 46.2 Å². The highest BCUT2D eigenvalue weighted by molar-refractivity contribution is 7.91. The van der Waals surface area contributed by atoms with Gasteiger partial charge >= 0.3 is 0 Å². The molecule has 1 aliphatic rings. The van der Waals surface area contributed by atoms with Crippen LogP contribution in [0.15, 0.2) is 22.7 Å². The molecule has 106 valence electrons. The van der Waals surface area contributed by atoms with Crippen molar-refractivity contribution in [2.75, 3.05) is 11.5 Å². The van der Waals surface area contributed by atoms with E-state index in [9.17, 15) is 18.6 Å². The molecule has 3 rings (SSSR count). The molecular weight excluding hydrogens is 284 g/mol. The summed E-state index contributed by atoms with van der Waals surface area (Å²) in [4.78, 5) is 4.09. The van der Waals surface area contributed by atoms with Crippen molar-refractivity contribution < 1.29 is 23.2 Å².